The normalized spacial score (nSPS) is 11.9. The van der Waals surface area contributed by atoms with Crippen LogP contribution in [0.1, 0.15) is 54.4 Å². The molecule has 22 heavy (non-hydrogen) atoms. The molecule has 0 heterocycles. The molecule has 5 heteroatoms. The predicted molar refractivity (Wildman–Crippen MR) is 86.2 cm³/mol. The molecule has 0 amide bonds. The highest BCUT2D eigenvalue weighted by Gasteiger charge is 2.19. The van der Waals surface area contributed by atoms with Crippen molar-refractivity contribution in [1.29, 1.82) is 0 Å². The van der Waals surface area contributed by atoms with Crippen molar-refractivity contribution in [2.45, 2.75) is 65.6 Å². The number of carbonyl (C=O) groups excluding carboxylic acids is 2. The summed E-state index contributed by atoms with van der Waals surface area (Å²) in [7, 11) is 0. The van der Waals surface area contributed by atoms with Crippen molar-refractivity contribution >= 4 is 11.9 Å². The monoisotopic (exact) mass is 311 g/mol. The van der Waals surface area contributed by atoms with Gasteiger partial charge in [0.1, 0.15) is 11.2 Å². The third-order valence-electron chi connectivity index (χ3n) is 2.42. The first-order valence-corrected chi connectivity index (χ1v) is 7.52. The molecule has 0 aromatic rings. The van der Waals surface area contributed by atoms with E-state index in [0.29, 0.717) is 19.6 Å². The van der Waals surface area contributed by atoms with Crippen LogP contribution in [0, 0.1) is 12.3 Å². The molecular weight excluding hydrogens is 282 g/mol. The summed E-state index contributed by atoms with van der Waals surface area (Å²) in [6.45, 7) is 12.3. The first kappa shape index (κ1) is 20.5. The highest BCUT2D eigenvalue weighted by Crippen LogP contribution is 2.10. The molecule has 0 bridgehead atoms. The summed E-state index contributed by atoms with van der Waals surface area (Å²) in [6.07, 6.45) is 5.81. The molecule has 0 aliphatic carbocycles. The zero-order chi connectivity index (χ0) is 17.4. The minimum absolute atomic E-state index is 0.243. The Morgan fingerprint density at radius 2 is 1.27 bits per heavy atom. The van der Waals surface area contributed by atoms with Crippen LogP contribution in [-0.4, -0.2) is 47.7 Å². The van der Waals surface area contributed by atoms with Crippen molar-refractivity contribution in [2.24, 2.45) is 0 Å². The summed E-state index contributed by atoms with van der Waals surface area (Å²) in [4.78, 5) is 25.3. The largest absolute Gasteiger partial charge is 0.460 e. The van der Waals surface area contributed by atoms with Gasteiger partial charge in [0, 0.05) is 13.1 Å². The quantitative estimate of drug-likeness (QED) is 0.534. The Morgan fingerprint density at radius 1 is 0.909 bits per heavy atom. The maximum atomic E-state index is 11.7. The fraction of sp³-hybridized carbons (Fsp3) is 0.765. The first-order valence-electron chi connectivity index (χ1n) is 7.52. The lowest BCUT2D eigenvalue weighted by atomic mass is 10.2. The first-order chi connectivity index (χ1) is 9.93. The van der Waals surface area contributed by atoms with Crippen molar-refractivity contribution in [3.8, 4) is 12.3 Å². The molecule has 0 aromatic carbocycles. The molecule has 0 fully saturated rings. The van der Waals surface area contributed by atoms with Crippen molar-refractivity contribution in [2.75, 3.05) is 19.6 Å². The number of terminal acetylenes is 1. The summed E-state index contributed by atoms with van der Waals surface area (Å²) in [6, 6.07) is 0. The summed E-state index contributed by atoms with van der Waals surface area (Å²) >= 11 is 0. The smallest absolute Gasteiger partial charge is 0.307 e. The van der Waals surface area contributed by atoms with E-state index in [1.165, 1.54) is 0 Å². The highest BCUT2D eigenvalue weighted by molar-refractivity contribution is 5.70. The Balaban J connectivity index is 4.25. The maximum absolute atomic E-state index is 11.7. The fourth-order valence-electron chi connectivity index (χ4n) is 1.68. The number of rotatable bonds is 7. The molecule has 0 atom stereocenters. The van der Waals surface area contributed by atoms with E-state index in [1.54, 1.807) is 0 Å². The lowest BCUT2D eigenvalue weighted by Gasteiger charge is -2.23. The van der Waals surface area contributed by atoms with Crippen LogP contribution >= 0.6 is 0 Å². The van der Waals surface area contributed by atoms with E-state index in [9.17, 15) is 9.59 Å². The summed E-state index contributed by atoms with van der Waals surface area (Å²) in [5.74, 6) is 1.99. The van der Waals surface area contributed by atoms with Gasteiger partial charge in [0.2, 0.25) is 0 Å². The van der Waals surface area contributed by atoms with Crippen molar-refractivity contribution < 1.29 is 19.1 Å². The molecule has 126 valence electrons. The lowest BCUT2D eigenvalue weighted by molar-refractivity contribution is -0.155. The summed E-state index contributed by atoms with van der Waals surface area (Å²) in [5, 5.41) is 0. The van der Waals surface area contributed by atoms with Crippen LogP contribution in [0.4, 0.5) is 0 Å². The van der Waals surface area contributed by atoms with Gasteiger partial charge in [0.25, 0.3) is 0 Å². The Labute approximate surface area is 134 Å². The van der Waals surface area contributed by atoms with E-state index in [2.05, 4.69) is 5.92 Å². The number of nitrogens with zero attached hydrogens (tertiary/aromatic N) is 1. The van der Waals surface area contributed by atoms with Gasteiger partial charge in [-0.25, -0.2) is 0 Å². The van der Waals surface area contributed by atoms with E-state index in [1.807, 2.05) is 46.4 Å². The van der Waals surface area contributed by atoms with Gasteiger partial charge < -0.3 is 9.47 Å². The third-order valence-corrected chi connectivity index (χ3v) is 2.42. The number of hydrogen-bond acceptors (Lipinski definition) is 5. The fourth-order valence-corrected chi connectivity index (χ4v) is 1.68. The van der Waals surface area contributed by atoms with Gasteiger partial charge in [0.05, 0.1) is 19.4 Å². The second-order valence-corrected chi connectivity index (χ2v) is 7.15. The molecule has 0 aliphatic rings. The molecule has 0 saturated heterocycles. The summed E-state index contributed by atoms with van der Waals surface area (Å²) < 4.78 is 10.5. The average molecular weight is 311 g/mol. The molecule has 0 aliphatic heterocycles. The predicted octanol–water partition coefficient (Wildman–Crippen LogP) is 2.39. The number of esters is 2. The van der Waals surface area contributed by atoms with Gasteiger partial charge >= 0.3 is 11.9 Å². The zero-order valence-electron chi connectivity index (χ0n) is 14.7. The van der Waals surface area contributed by atoms with Gasteiger partial charge in [-0.1, -0.05) is 5.92 Å². The van der Waals surface area contributed by atoms with Crippen LogP contribution < -0.4 is 0 Å². The molecule has 0 unspecified atom stereocenters. The van der Waals surface area contributed by atoms with Crippen LogP contribution in [0.15, 0.2) is 0 Å². The Morgan fingerprint density at radius 3 is 1.55 bits per heavy atom. The second kappa shape index (κ2) is 8.79. The standard InChI is InChI=1S/C17H29NO4/c1-8-11-18(12-9-14(19)21-16(2,3)4)13-10-15(20)22-17(5,6)7/h1H,9-13H2,2-7H3. The molecule has 0 radical (unpaired) electrons. The van der Waals surface area contributed by atoms with Crippen LogP contribution in [0.25, 0.3) is 0 Å². The molecule has 0 aromatic heterocycles. The molecule has 5 nitrogen and oxygen atoms in total. The lowest BCUT2D eigenvalue weighted by Crippen LogP contribution is -2.33. The molecular formula is C17H29NO4. The van der Waals surface area contributed by atoms with E-state index < -0.39 is 11.2 Å². The topological polar surface area (TPSA) is 55.8 Å². The van der Waals surface area contributed by atoms with Crippen LogP contribution in [0.2, 0.25) is 0 Å². The molecule has 0 saturated carbocycles. The van der Waals surface area contributed by atoms with Crippen molar-refractivity contribution in [3.63, 3.8) is 0 Å². The number of hydrogen-bond donors (Lipinski definition) is 0. The van der Waals surface area contributed by atoms with Gasteiger partial charge in [-0.15, -0.1) is 6.42 Å². The summed E-state index contributed by atoms with van der Waals surface area (Å²) in [5.41, 5.74) is -0.991. The molecule has 0 rings (SSSR count). The van der Waals surface area contributed by atoms with Gasteiger partial charge in [0.15, 0.2) is 0 Å². The molecule has 0 N–H and O–H groups in total. The van der Waals surface area contributed by atoms with Crippen LogP contribution in [0.3, 0.4) is 0 Å². The Bertz CT molecular complexity index is 378. The van der Waals surface area contributed by atoms with Crippen LogP contribution in [-0.2, 0) is 19.1 Å². The average Bonchev–Trinajstić information content (AvgIpc) is 2.28. The zero-order valence-corrected chi connectivity index (χ0v) is 14.7. The highest BCUT2D eigenvalue weighted by atomic mass is 16.6. The Kier molecular flexibility index (Phi) is 8.18. The third kappa shape index (κ3) is 12.2. The van der Waals surface area contributed by atoms with E-state index >= 15 is 0 Å². The van der Waals surface area contributed by atoms with E-state index in [0.717, 1.165) is 0 Å². The SMILES string of the molecule is C#CCN(CCC(=O)OC(C)(C)C)CCC(=O)OC(C)(C)C. The maximum Gasteiger partial charge on any atom is 0.307 e. The second-order valence-electron chi connectivity index (χ2n) is 7.15. The number of carbonyl (C=O) groups is 2. The van der Waals surface area contributed by atoms with Gasteiger partial charge in [-0.2, -0.15) is 0 Å². The van der Waals surface area contributed by atoms with Crippen molar-refractivity contribution in [3.05, 3.63) is 0 Å². The molecule has 0 spiro atoms. The number of ether oxygens (including phenoxy) is 2. The Hall–Kier alpha value is -1.54. The van der Waals surface area contributed by atoms with Gasteiger partial charge in [-0.3, -0.25) is 14.5 Å². The minimum Gasteiger partial charge on any atom is -0.460 e. The van der Waals surface area contributed by atoms with E-state index in [4.69, 9.17) is 15.9 Å². The van der Waals surface area contributed by atoms with Crippen molar-refractivity contribution in [1.82, 2.24) is 4.90 Å². The van der Waals surface area contributed by atoms with E-state index in [-0.39, 0.29) is 24.8 Å². The van der Waals surface area contributed by atoms with Crippen LogP contribution in [0.5, 0.6) is 0 Å². The van der Waals surface area contributed by atoms with Gasteiger partial charge in [-0.05, 0) is 41.5 Å². The minimum atomic E-state index is -0.495.